The van der Waals surface area contributed by atoms with Crippen LogP contribution in [0.1, 0.15) is 11.8 Å². The lowest BCUT2D eigenvalue weighted by molar-refractivity contribution is -0.124. The van der Waals surface area contributed by atoms with E-state index in [2.05, 4.69) is 22.1 Å². The fraction of sp³-hybridized carbons (Fsp3) is 0.353. The smallest absolute Gasteiger partial charge is 0.224 e. The van der Waals surface area contributed by atoms with Crippen LogP contribution in [0, 0.1) is 5.92 Å². The molecule has 0 aliphatic carbocycles. The number of carbonyl (C=O) groups is 1. The maximum absolute atomic E-state index is 11.9. The molecule has 1 amide bonds. The summed E-state index contributed by atoms with van der Waals surface area (Å²) in [4.78, 5) is 13.0. The minimum absolute atomic E-state index is 0.0222. The zero-order chi connectivity index (χ0) is 15.9. The van der Waals surface area contributed by atoms with Gasteiger partial charge in [-0.2, -0.15) is 0 Å². The molecule has 2 N–H and O–H groups in total. The molecule has 0 saturated carbocycles. The van der Waals surface area contributed by atoms with E-state index in [0.29, 0.717) is 13.1 Å². The van der Waals surface area contributed by atoms with E-state index in [0.717, 1.165) is 16.2 Å². The van der Waals surface area contributed by atoms with Gasteiger partial charge in [0, 0.05) is 17.3 Å². The van der Waals surface area contributed by atoms with Gasteiger partial charge in [-0.05, 0) is 41.8 Å². The van der Waals surface area contributed by atoms with Gasteiger partial charge in [0.2, 0.25) is 5.91 Å². The Hall–Kier alpha value is -1.85. The van der Waals surface area contributed by atoms with Crippen LogP contribution in [0.4, 0.5) is 0 Å². The van der Waals surface area contributed by atoms with Crippen molar-refractivity contribution in [2.45, 2.75) is 13.5 Å². The highest BCUT2D eigenvalue weighted by atomic mass is 32.1. The lowest BCUT2D eigenvalue weighted by atomic mass is 10.1. The third-order valence-corrected chi connectivity index (χ3v) is 4.41. The lowest BCUT2D eigenvalue weighted by Gasteiger charge is -2.10. The number of nitrogens with one attached hydrogen (secondary N) is 2. The van der Waals surface area contributed by atoms with E-state index < -0.39 is 0 Å². The van der Waals surface area contributed by atoms with Crippen molar-refractivity contribution in [3.05, 3.63) is 40.6 Å². The SMILES string of the molecule is CNCC(C)C(=O)NCc1cc(-c2ccc(OC)cc2)cs1. The van der Waals surface area contributed by atoms with Crippen LogP contribution >= 0.6 is 11.3 Å². The molecular weight excluding hydrogens is 296 g/mol. The van der Waals surface area contributed by atoms with Gasteiger partial charge in [-0.3, -0.25) is 4.79 Å². The molecule has 2 rings (SSSR count). The molecule has 1 aromatic carbocycles. The van der Waals surface area contributed by atoms with Gasteiger partial charge >= 0.3 is 0 Å². The third kappa shape index (κ3) is 4.32. The first-order chi connectivity index (χ1) is 10.6. The van der Waals surface area contributed by atoms with Crippen LogP contribution in [0.15, 0.2) is 35.7 Å². The number of thiophene rings is 1. The second-order valence-corrected chi connectivity index (χ2v) is 6.20. The summed E-state index contributed by atoms with van der Waals surface area (Å²) in [5, 5.41) is 8.10. The van der Waals surface area contributed by atoms with Gasteiger partial charge in [0.05, 0.1) is 13.7 Å². The van der Waals surface area contributed by atoms with Gasteiger partial charge in [-0.25, -0.2) is 0 Å². The number of amides is 1. The number of rotatable bonds is 7. The average Bonchev–Trinajstić information content (AvgIpc) is 3.02. The predicted molar refractivity (Wildman–Crippen MR) is 91.2 cm³/mol. The summed E-state index contributed by atoms with van der Waals surface area (Å²) in [6.07, 6.45) is 0. The Bertz CT molecular complexity index is 607. The molecule has 0 spiro atoms. The van der Waals surface area contributed by atoms with Crippen molar-refractivity contribution in [3.63, 3.8) is 0 Å². The minimum Gasteiger partial charge on any atom is -0.497 e. The summed E-state index contributed by atoms with van der Waals surface area (Å²) in [5.74, 6) is 0.907. The van der Waals surface area contributed by atoms with E-state index in [4.69, 9.17) is 4.74 Å². The summed E-state index contributed by atoms with van der Waals surface area (Å²) in [6, 6.07) is 10.1. The van der Waals surface area contributed by atoms with Crippen LogP contribution in [-0.2, 0) is 11.3 Å². The molecule has 118 valence electrons. The van der Waals surface area contributed by atoms with E-state index in [-0.39, 0.29) is 11.8 Å². The van der Waals surface area contributed by atoms with Crippen LogP contribution < -0.4 is 15.4 Å². The van der Waals surface area contributed by atoms with Crippen molar-refractivity contribution in [1.82, 2.24) is 10.6 Å². The molecule has 2 aromatic rings. The molecule has 1 aromatic heterocycles. The van der Waals surface area contributed by atoms with Crippen molar-refractivity contribution in [1.29, 1.82) is 0 Å². The summed E-state index contributed by atoms with van der Waals surface area (Å²) in [5.41, 5.74) is 2.32. The topological polar surface area (TPSA) is 50.4 Å². The Kier molecular flexibility index (Phi) is 5.98. The monoisotopic (exact) mass is 318 g/mol. The Morgan fingerprint density at radius 3 is 2.64 bits per heavy atom. The van der Waals surface area contributed by atoms with E-state index in [9.17, 15) is 4.79 Å². The van der Waals surface area contributed by atoms with Gasteiger partial charge in [0.1, 0.15) is 5.75 Å². The Morgan fingerprint density at radius 1 is 1.27 bits per heavy atom. The predicted octanol–water partition coefficient (Wildman–Crippen LogP) is 2.90. The minimum atomic E-state index is -0.0222. The molecule has 22 heavy (non-hydrogen) atoms. The molecule has 0 radical (unpaired) electrons. The zero-order valence-corrected chi connectivity index (χ0v) is 14.0. The molecule has 5 heteroatoms. The highest BCUT2D eigenvalue weighted by Gasteiger charge is 2.11. The average molecular weight is 318 g/mol. The van der Waals surface area contributed by atoms with Crippen LogP contribution in [-0.4, -0.2) is 26.6 Å². The molecular formula is C17H22N2O2S. The molecule has 0 aliphatic rings. The normalized spacial score (nSPS) is 12.0. The number of carbonyl (C=O) groups excluding carboxylic acids is 1. The van der Waals surface area contributed by atoms with Crippen molar-refractivity contribution < 1.29 is 9.53 Å². The molecule has 0 fully saturated rings. The molecule has 1 atom stereocenters. The Labute approximate surface area is 135 Å². The van der Waals surface area contributed by atoms with Gasteiger partial charge in [0.25, 0.3) is 0 Å². The van der Waals surface area contributed by atoms with E-state index in [1.165, 1.54) is 5.56 Å². The van der Waals surface area contributed by atoms with Crippen molar-refractivity contribution in [3.8, 4) is 16.9 Å². The molecule has 0 bridgehead atoms. The quantitative estimate of drug-likeness (QED) is 0.825. The van der Waals surface area contributed by atoms with E-state index in [1.807, 2.05) is 38.2 Å². The standard InChI is InChI=1S/C17H22N2O2S/c1-12(9-18-2)17(20)19-10-16-8-14(11-22-16)13-4-6-15(21-3)7-5-13/h4-8,11-12,18H,9-10H2,1-3H3,(H,19,20). The summed E-state index contributed by atoms with van der Waals surface area (Å²) >= 11 is 1.66. The van der Waals surface area contributed by atoms with Gasteiger partial charge in [-0.1, -0.05) is 19.1 Å². The number of ether oxygens (including phenoxy) is 1. The summed E-state index contributed by atoms with van der Waals surface area (Å²) < 4.78 is 5.17. The van der Waals surface area contributed by atoms with E-state index >= 15 is 0 Å². The van der Waals surface area contributed by atoms with Crippen LogP contribution in [0.2, 0.25) is 0 Å². The zero-order valence-electron chi connectivity index (χ0n) is 13.2. The Balaban J connectivity index is 1.95. The van der Waals surface area contributed by atoms with Gasteiger partial charge in [0.15, 0.2) is 0 Å². The van der Waals surface area contributed by atoms with Crippen molar-refractivity contribution in [2.24, 2.45) is 5.92 Å². The fourth-order valence-electron chi connectivity index (χ4n) is 2.16. The Morgan fingerprint density at radius 2 is 2.00 bits per heavy atom. The maximum atomic E-state index is 11.9. The van der Waals surface area contributed by atoms with Gasteiger partial charge in [-0.15, -0.1) is 11.3 Å². The third-order valence-electron chi connectivity index (χ3n) is 3.47. The number of benzene rings is 1. The highest BCUT2D eigenvalue weighted by molar-refractivity contribution is 7.10. The first-order valence-electron chi connectivity index (χ1n) is 7.28. The second-order valence-electron chi connectivity index (χ2n) is 5.21. The van der Waals surface area contributed by atoms with Crippen molar-refractivity contribution >= 4 is 17.2 Å². The summed E-state index contributed by atoms with van der Waals surface area (Å²) in [6.45, 7) is 3.18. The summed E-state index contributed by atoms with van der Waals surface area (Å²) in [7, 11) is 3.51. The fourth-order valence-corrected chi connectivity index (χ4v) is 2.99. The molecule has 4 nitrogen and oxygen atoms in total. The van der Waals surface area contributed by atoms with E-state index in [1.54, 1.807) is 18.4 Å². The first-order valence-corrected chi connectivity index (χ1v) is 8.16. The molecule has 0 aliphatic heterocycles. The first kappa shape index (κ1) is 16.5. The van der Waals surface area contributed by atoms with Crippen molar-refractivity contribution in [2.75, 3.05) is 20.7 Å². The van der Waals surface area contributed by atoms with Crippen LogP contribution in [0.25, 0.3) is 11.1 Å². The lowest BCUT2D eigenvalue weighted by Crippen LogP contribution is -2.33. The number of hydrogen-bond donors (Lipinski definition) is 2. The van der Waals surface area contributed by atoms with Crippen LogP contribution in [0.3, 0.4) is 0 Å². The molecule has 0 saturated heterocycles. The second kappa shape index (κ2) is 7.96. The van der Waals surface area contributed by atoms with Crippen LogP contribution in [0.5, 0.6) is 5.75 Å². The number of methoxy groups -OCH3 is 1. The number of hydrogen-bond acceptors (Lipinski definition) is 4. The molecule has 1 heterocycles. The largest absolute Gasteiger partial charge is 0.497 e. The maximum Gasteiger partial charge on any atom is 0.224 e. The van der Waals surface area contributed by atoms with Gasteiger partial charge < -0.3 is 15.4 Å². The highest BCUT2D eigenvalue weighted by Crippen LogP contribution is 2.27. The molecule has 1 unspecified atom stereocenters.